The first-order valence-corrected chi connectivity index (χ1v) is 19.9. The molecule has 0 atom stereocenters. The number of thiophene rings is 1. The van der Waals surface area contributed by atoms with Gasteiger partial charge in [-0.05, 0) is 54.6 Å². The fourth-order valence-corrected chi connectivity index (χ4v) is 9.86. The van der Waals surface area contributed by atoms with E-state index >= 15 is 0 Å². The van der Waals surface area contributed by atoms with Gasteiger partial charge in [0.2, 0.25) is 0 Å². The van der Waals surface area contributed by atoms with Crippen LogP contribution in [0, 0.1) is 0 Å². The molecule has 266 valence electrons. The van der Waals surface area contributed by atoms with Crippen LogP contribution < -0.4 is 0 Å². The lowest BCUT2D eigenvalue weighted by Crippen LogP contribution is -2.01. The second kappa shape index (κ2) is 12.6. The van der Waals surface area contributed by atoms with Crippen molar-refractivity contribution >= 4 is 75.1 Å². The van der Waals surface area contributed by atoms with E-state index in [1.807, 2.05) is 72.0 Å². The minimum absolute atomic E-state index is 0.629. The molecular weight excluding hydrogens is 715 g/mol. The van der Waals surface area contributed by atoms with E-state index in [4.69, 9.17) is 15.0 Å². The molecule has 0 spiro atoms. The molecule has 0 N–H and O–H groups in total. The van der Waals surface area contributed by atoms with Gasteiger partial charge in [0.05, 0.1) is 22.1 Å². The molecule has 0 saturated carbocycles. The first-order chi connectivity index (χ1) is 28.3. The number of nitrogens with zero attached hydrogens (tertiary/aromatic N) is 5. The van der Waals surface area contributed by atoms with Gasteiger partial charge in [0.1, 0.15) is 0 Å². The number of para-hydroxylation sites is 2. The van der Waals surface area contributed by atoms with Gasteiger partial charge < -0.3 is 9.13 Å². The van der Waals surface area contributed by atoms with Crippen LogP contribution in [0.4, 0.5) is 0 Å². The van der Waals surface area contributed by atoms with Crippen LogP contribution >= 0.6 is 11.3 Å². The summed E-state index contributed by atoms with van der Waals surface area (Å²) >= 11 is 1.88. The molecule has 12 aromatic rings. The summed E-state index contributed by atoms with van der Waals surface area (Å²) in [5.41, 5.74) is 9.65. The van der Waals surface area contributed by atoms with Crippen LogP contribution in [0.2, 0.25) is 0 Å². The second-order valence-electron chi connectivity index (χ2n) is 14.4. The highest BCUT2D eigenvalue weighted by Crippen LogP contribution is 2.45. The van der Waals surface area contributed by atoms with Crippen molar-refractivity contribution in [3.05, 3.63) is 188 Å². The molecule has 0 saturated heterocycles. The van der Waals surface area contributed by atoms with Crippen molar-refractivity contribution in [2.45, 2.75) is 0 Å². The monoisotopic (exact) mass is 745 g/mol. The van der Waals surface area contributed by atoms with Gasteiger partial charge >= 0.3 is 0 Å². The molecule has 0 amide bonds. The van der Waals surface area contributed by atoms with E-state index in [2.05, 4.69) is 137 Å². The molecule has 0 radical (unpaired) electrons. The third kappa shape index (κ3) is 4.98. The summed E-state index contributed by atoms with van der Waals surface area (Å²) in [7, 11) is 0. The van der Waals surface area contributed by atoms with Gasteiger partial charge in [-0.15, -0.1) is 11.3 Å². The maximum atomic E-state index is 5.09. The average molecular weight is 746 g/mol. The van der Waals surface area contributed by atoms with Crippen LogP contribution in [0.25, 0.3) is 109 Å². The Hall–Kier alpha value is -7.41. The van der Waals surface area contributed by atoms with Crippen LogP contribution in [0.3, 0.4) is 0 Å². The predicted molar refractivity (Wildman–Crippen MR) is 238 cm³/mol. The molecule has 0 bridgehead atoms. The molecule has 4 aromatic heterocycles. The molecule has 8 aromatic carbocycles. The number of hydrogen-bond acceptors (Lipinski definition) is 4. The topological polar surface area (TPSA) is 48.5 Å². The Labute approximate surface area is 331 Å². The van der Waals surface area contributed by atoms with Gasteiger partial charge in [-0.25, -0.2) is 15.0 Å². The number of benzene rings is 8. The zero-order chi connectivity index (χ0) is 37.5. The highest BCUT2D eigenvalue weighted by molar-refractivity contribution is 7.26. The SMILES string of the molecule is c1ccc(-c2nc(-c3ccccc3)nc(-c3cccc(-n4c5cc6c(cc5c5c7sc8ccccc8c7ccc54)c4ccccc4n6-c4ccccc4)c3)n2)cc1. The van der Waals surface area contributed by atoms with Crippen LogP contribution in [-0.2, 0) is 0 Å². The van der Waals surface area contributed by atoms with Crippen molar-refractivity contribution < 1.29 is 0 Å². The Bertz CT molecular complexity index is 3450. The van der Waals surface area contributed by atoms with Crippen molar-refractivity contribution in [1.29, 1.82) is 0 Å². The summed E-state index contributed by atoms with van der Waals surface area (Å²) in [6.45, 7) is 0. The molecule has 12 rings (SSSR count). The quantitative estimate of drug-likeness (QED) is 0.176. The largest absolute Gasteiger partial charge is 0.309 e. The van der Waals surface area contributed by atoms with Crippen LogP contribution in [-0.4, -0.2) is 24.1 Å². The Kier molecular flexibility index (Phi) is 7.03. The second-order valence-corrected chi connectivity index (χ2v) is 15.5. The van der Waals surface area contributed by atoms with Crippen molar-refractivity contribution in [1.82, 2.24) is 24.1 Å². The highest BCUT2D eigenvalue weighted by Gasteiger charge is 2.22. The highest BCUT2D eigenvalue weighted by atomic mass is 32.1. The molecule has 0 aliphatic carbocycles. The van der Waals surface area contributed by atoms with Gasteiger partial charge in [0.15, 0.2) is 17.5 Å². The number of hydrogen-bond donors (Lipinski definition) is 0. The molecule has 0 unspecified atom stereocenters. The summed E-state index contributed by atoms with van der Waals surface area (Å²) in [6, 6.07) is 66.6. The summed E-state index contributed by atoms with van der Waals surface area (Å²) in [5.74, 6) is 1.92. The summed E-state index contributed by atoms with van der Waals surface area (Å²) < 4.78 is 7.43. The zero-order valence-corrected chi connectivity index (χ0v) is 31.4. The van der Waals surface area contributed by atoms with E-state index < -0.39 is 0 Å². The first-order valence-electron chi connectivity index (χ1n) is 19.1. The van der Waals surface area contributed by atoms with Gasteiger partial charge in [-0.2, -0.15) is 0 Å². The van der Waals surface area contributed by atoms with Crippen LogP contribution in [0.15, 0.2) is 188 Å². The van der Waals surface area contributed by atoms with E-state index in [1.54, 1.807) is 0 Å². The Morgan fingerprint density at radius 1 is 0.333 bits per heavy atom. The molecule has 6 heteroatoms. The number of fused-ring (bicyclic) bond motifs is 10. The molecular formula is C51H31N5S. The van der Waals surface area contributed by atoms with E-state index in [-0.39, 0.29) is 0 Å². The third-order valence-electron chi connectivity index (χ3n) is 11.1. The third-order valence-corrected chi connectivity index (χ3v) is 12.3. The smallest absolute Gasteiger partial charge is 0.164 e. The molecule has 5 nitrogen and oxygen atoms in total. The first kappa shape index (κ1) is 31.9. The minimum Gasteiger partial charge on any atom is -0.309 e. The normalized spacial score (nSPS) is 11.9. The Morgan fingerprint density at radius 3 is 1.63 bits per heavy atom. The summed E-state index contributed by atoms with van der Waals surface area (Å²) in [6.07, 6.45) is 0. The maximum Gasteiger partial charge on any atom is 0.164 e. The van der Waals surface area contributed by atoms with Crippen LogP contribution in [0.5, 0.6) is 0 Å². The van der Waals surface area contributed by atoms with E-state index in [0.717, 1.165) is 39.1 Å². The van der Waals surface area contributed by atoms with Gasteiger partial charge in [0, 0.05) is 69.8 Å². The van der Waals surface area contributed by atoms with Crippen molar-refractivity contribution in [3.8, 4) is 45.5 Å². The Morgan fingerprint density at radius 2 is 0.895 bits per heavy atom. The molecule has 0 aliphatic rings. The van der Waals surface area contributed by atoms with E-state index in [9.17, 15) is 0 Å². The maximum absolute atomic E-state index is 5.09. The number of aromatic nitrogens is 5. The summed E-state index contributed by atoms with van der Waals surface area (Å²) in [5, 5.41) is 7.55. The van der Waals surface area contributed by atoms with Gasteiger partial charge in [-0.1, -0.05) is 133 Å². The van der Waals surface area contributed by atoms with Crippen molar-refractivity contribution in [2.75, 3.05) is 0 Å². The average Bonchev–Trinajstić information content (AvgIpc) is 3.93. The van der Waals surface area contributed by atoms with Crippen molar-refractivity contribution in [2.24, 2.45) is 0 Å². The van der Waals surface area contributed by atoms with Gasteiger partial charge in [-0.3, -0.25) is 0 Å². The van der Waals surface area contributed by atoms with Crippen LogP contribution in [0.1, 0.15) is 0 Å². The Balaban J connectivity index is 1.16. The van der Waals surface area contributed by atoms with Crippen molar-refractivity contribution in [3.63, 3.8) is 0 Å². The molecule has 4 heterocycles. The minimum atomic E-state index is 0.629. The molecule has 0 fully saturated rings. The fourth-order valence-electron chi connectivity index (χ4n) is 8.60. The summed E-state index contributed by atoms with van der Waals surface area (Å²) in [4.78, 5) is 15.1. The van der Waals surface area contributed by atoms with E-state index in [1.165, 1.54) is 52.8 Å². The standard InChI is InChI=1S/C51H31N5S/c1-4-15-32(16-5-1)49-52-50(33-17-6-2-7-18-33)54-51(53-49)34-19-14-22-36(29-34)56-43-28-27-39-38-24-11-13-26-46(38)57-48(39)47(43)41-30-40-37-23-10-12-25-42(37)55(44(40)31-45(41)56)35-20-8-3-9-21-35/h1-31H. The lowest BCUT2D eigenvalue weighted by atomic mass is 10.1. The van der Waals surface area contributed by atoms with E-state index in [0.29, 0.717) is 17.5 Å². The zero-order valence-electron chi connectivity index (χ0n) is 30.5. The molecule has 57 heavy (non-hydrogen) atoms. The lowest BCUT2D eigenvalue weighted by Gasteiger charge is -2.12. The fraction of sp³-hybridized carbons (Fsp3) is 0. The lowest BCUT2D eigenvalue weighted by molar-refractivity contribution is 1.07. The number of rotatable bonds is 5. The predicted octanol–water partition coefficient (Wildman–Crippen LogP) is 13.4. The molecule has 0 aliphatic heterocycles. The van der Waals surface area contributed by atoms with Gasteiger partial charge in [0.25, 0.3) is 0 Å².